The lowest BCUT2D eigenvalue weighted by atomic mass is 10.0. The molecule has 0 aliphatic carbocycles. The van der Waals surface area contributed by atoms with E-state index in [0.29, 0.717) is 17.9 Å². The first-order valence-corrected chi connectivity index (χ1v) is 9.20. The standard InChI is InChI=1S/C21H24F2N2O4/c1-4-28-15-11-9-14(10-12-15)19(26)25-18(13(2)3)20(27)24-16-7-5-6-8-17(16)29-21(22)23/h5-13,18,21H,4H2,1-3H3,(H,24,27)(H,25,26)/t18-/m0/s1. The number of alkyl halides is 2. The first-order valence-electron chi connectivity index (χ1n) is 9.20. The van der Waals surface area contributed by atoms with Gasteiger partial charge in [-0.15, -0.1) is 0 Å². The number of para-hydroxylation sites is 2. The van der Waals surface area contributed by atoms with E-state index in [1.165, 1.54) is 18.2 Å². The maximum absolute atomic E-state index is 12.7. The molecule has 29 heavy (non-hydrogen) atoms. The predicted molar refractivity (Wildman–Crippen MR) is 105 cm³/mol. The predicted octanol–water partition coefficient (Wildman–Crippen LogP) is 4.08. The monoisotopic (exact) mass is 406 g/mol. The van der Waals surface area contributed by atoms with Crippen molar-refractivity contribution < 1.29 is 27.8 Å². The zero-order chi connectivity index (χ0) is 21.4. The molecule has 0 unspecified atom stereocenters. The van der Waals surface area contributed by atoms with Crippen LogP contribution in [0.2, 0.25) is 0 Å². The van der Waals surface area contributed by atoms with Gasteiger partial charge in [0.1, 0.15) is 17.5 Å². The molecule has 1 atom stereocenters. The van der Waals surface area contributed by atoms with E-state index >= 15 is 0 Å². The number of ether oxygens (including phenoxy) is 2. The summed E-state index contributed by atoms with van der Waals surface area (Å²) in [4.78, 5) is 25.3. The molecule has 0 heterocycles. The summed E-state index contributed by atoms with van der Waals surface area (Å²) in [6.07, 6.45) is 0. The highest BCUT2D eigenvalue weighted by Crippen LogP contribution is 2.26. The van der Waals surface area contributed by atoms with E-state index in [4.69, 9.17) is 4.74 Å². The van der Waals surface area contributed by atoms with Crippen LogP contribution in [0.5, 0.6) is 11.5 Å². The fourth-order valence-electron chi connectivity index (χ4n) is 2.61. The van der Waals surface area contributed by atoms with Crippen molar-refractivity contribution in [2.45, 2.75) is 33.4 Å². The SMILES string of the molecule is CCOc1ccc(C(=O)N[C@H](C(=O)Nc2ccccc2OC(F)F)C(C)C)cc1. The molecule has 0 radical (unpaired) electrons. The van der Waals surface area contributed by atoms with Crippen LogP contribution >= 0.6 is 0 Å². The molecule has 156 valence electrons. The topological polar surface area (TPSA) is 76.7 Å². The summed E-state index contributed by atoms with van der Waals surface area (Å²) in [5.41, 5.74) is 0.465. The van der Waals surface area contributed by atoms with Crippen LogP contribution in [0.25, 0.3) is 0 Å². The zero-order valence-corrected chi connectivity index (χ0v) is 16.4. The van der Waals surface area contributed by atoms with Crippen LogP contribution < -0.4 is 20.1 Å². The van der Waals surface area contributed by atoms with Crippen LogP contribution in [-0.4, -0.2) is 31.1 Å². The maximum Gasteiger partial charge on any atom is 0.387 e. The van der Waals surface area contributed by atoms with Gasteiger partial charge in [-0.2, -0.15) is 8.78 Å². The largest absolute Gasteiger partial charge is 0.494 e. The van der Waals surface area contributed by atoms with Crippen LogP contribution in [0.4, 0.5) is 14.5 Å². The highest BCUT2D eigenvalue weighted by atomic mass is 19.3. The Morgan fingerprint density at radius 1 is 1.03 bits per heavy atom. The molecule has 2 N–H and O–H groups in total. The Hall–Kier alpha value is -3.16. The summed E-state index contributed by atoms with van der Waals surface area (Å²) < 4.78 is 34.9. The van der Waals surface area contributed by atoms with E-state index in [2.05, 4.69) is 15.4 Å². The van der Waals surface area contributed by atoms with Crippen molar-refractivity contribution >= 4 is 17.5 Å². The van der Waals surface area contributed by atoms with Crippen molar-refractivity contribution in [1.29, 1.82) is 0 Å². The van der Waals surface area contributed by atoms with E-state index in [-0.39, 0.29) is 17.4 Å². The summed E-state index contributed by atoms with van der Waals surface area (Å²) in [5.74, 6) is -0.734. The number of hydrogen-bond donors (Lipinski definition) is 2. The zero-order valence-electron chi connectivity index (χ0n) is 16.4. The number of rotatable bonds is 9. The Balaban J connectivity index is 2.11. The molecule has 0 fully saturated rings. The van der Waals surface area contributed by atoms with Gasteiger partial charge < -0.3 is 20.1 Å². The van der Waals surface area contributed by atoms with Gasteiger partial charge in [0.2, 0.25) is 5.91 Å². The van der Waals surface area contributed by atoms with Crippen molar-refractivity contribution in [2.75, 3.05) is 11.9 Å². The first-order chi connectivity index (χ1) is 13.8. The van der Waals surface area contributed by atoms with E-state index < -0.39 is 24.5 Å². The van der Waals surface area contributed by atoms with E-state index in [9.17, 15) is 18.4 Å². The summed E-state index contributed by atoms with van der Waals surface area (Å²) in [5, 5.41) is 5.23. The number of anilines is 1. The lowest BCUT2D eigenvalue weighted by molar-refractivity contribution is -0.119. The maximum atomic E-state index is 12.7. The van der Waals surface area contributed by atoms with Crippen molar-refractivity contribution in [3.05, 3.63) is 54.1 Å². The van der Waals surface area contributed by atoms with E-state index in [1.54, 1.807) is 44.2 Å². The van der Waals surface area contributed by atoms with E-state index in [0.717, 1.165) is 0 Å². The second-order valence-corrected chi connectivity index (χ2v) is 6.52. The number of carbonyl (C=O) groups is 2. The molecule has 0 aromatic heterocycles. The molecule has 2 rings (SSSR count). The number of nitrogens with one attached hydrogen (secondary N) is 2. The van der Waals surface area contributed by atoms with Crippen molar-refractivity contribution in [3.8, 4) is 11.5 Å². The van der Waals surface area contributed by atoms with Crippen molar-refractivity contribution in [1.82, 2.24) is 5.32 Å². The molecule has 2 amide bonds. The Kier molecular flexibility index (Phi) is 7.94. The highest BCUT2D eigenvalue weighted by molar-refractivity contribution is 6.01. The molecular formula is C21H24F2N2O4. The molecule has 6 nitrogen and oxygen atoms in total. The highest BCUT2D eigenvalue weighted by Gasteiger charge is 2.26. The average molecular weight is 406 g/mol. The minimum Gasteiger partial charge on any atom is -0.494 e. The van der Waals surface area contributed by atoms with Crippen LogP contribution in [0.3, 0.4) is 0 Å². The molecule has 2 aromatic rings. The van der Waals surface area contributed by atoms with Gasteiger partial charge in [0.25, 0.3) is 5.91 Å². The average Bonchev–Trinajstić information content (AvgIpc) is 2.67. The summed E-state index contributed by atoms with van der Waals surface area (Å²) >= 11 is 0. The second-order valence-electron chi connectivity index (χ2n) is 6.52. The van der Waals surface area contributed by atoms with Crippen LogP contribution in [0.1, 0.15) is 31.1 Å². The van der Waals surface area contributed by atoms with Gasteiger partial charge in [-0.25, -0.2) is 0 Å². The number of amides is 2. The molecule has 2 aromatic carbocycles. The van der Waals surface area contributed by atoms with E-state index in [1.807, 2.05) is 6.92 Å². The van der Waals surface area contributed by atoms with Gasteiger partial charge in [-0.05, 0) is 49.2 Å². The Labute approximate surface area is 168 Å². The summed E-state index contributed by atoms with van der Waals surface area (Å²) in [6.45, 7) is 2.89. The lowest BCUT2D eigenvalue weighted by Crippen LogP contribution is -2.47. The molecule has 0 saturated carbocycles. The molecule has 0 aliphatic heterocycles. The fraction of sp³-hybridized carbons (Fsp3) is 0.333. The van der Waals surface area contributed by atoms with Gasteiger partial charge in [-0.1, -0.05) is 26.0 Å². The number of halogens is 2. The van der Waals surface area contributed by atoms with Gasteiger partial charge in [0.15, 0.2) is 0 Å². The van der Waals surface area contributed by atoms with Gasteiger partial charge in [-0.3, -0.25) is 9.59 Å². The van der Waals surface area contributed by atoms with Gasteiger partial charge >= 0.3 is 6.61 Å². The summed E-state index contributed by atoms with van der Waals surface area (Å²) in [7, 11) is 0. The third-order valence-electron chi connectivity index (χ3n) is 4.02. The number of benzene rings is 2. The van der Waals surface area contributed by atoms with Crippen molar-refractivity contribution in [2.24, 2.45) is 5.92 Å². The Bertz CT molecular complexity index is 826. The van der Waals surface area contributed by atoms with Crippen LogP contribution in [0.15, 0.2) is 48.5 Å². The Morgan fingerprint density at radius 3 is 2.28 bits per heavy atom. The summed E-state index contributed by atoms with van der Waals surface area (Å²) in [6, 6.07) is 11.5. The molecule has 8 heteroatoms. The molecule has 0 aliphatic rings. The number of carbonyl (C=O) groups excluding carboxylic acids is 2. The minimum absolute atomic E-state index is 0.0961. The molecule has 0 spiro atoms. The lowest BCUT2D eigenvalue weighted by Gasteiger charge is -2.22. The molecule has 0 bridgehead atoms. The number of hydrogen-bond acceptors (Lipinski definition) is 4. The third kappa shape index (κ3) is 6.44. The Morgan fingerprint density at radius 2 is 1.69 bits per heavy atom. The third-order valence-corrected chi connectivity index (χ3v) is 4.02. The van der Waals surface area contributed by atoms with Crippen molar-refractivity contribution in [3.63, 3.8) is 0 Å². The van der Waals surface area contributed by atoms with Crippen LogP contribution in [-0.2, 0) is 4.79 Å². The normalized spacial score (nSPS) is 11.8. The van der Waals surface area contributed by atoms with Crippen LogP contribution in [0, 0.1) is 5.92 Å². The van der Waals surface area contributed by atoms with Gasteiger partial charge in [0, 0.05) is 5.56 Å². The quantitative estimate of drug-likeness (QED) is 0.658. The first kappa shape index (κ1) is 22.1. The smallest absolute Gasteiger partial charge is 0.387 e. The second kappa shape index (κ2) is 10.4. The fourth-order valence-corrected chi connectivity index (χ4v) is 2.61. The molecular weight excluding hydrogens is 382 g/mol. The molecule has 0 saturated heterocycles. The van der Waals surface area contributed by atoms with Gasteiger partial charge in [0.05, 0.1) is 12.3 Å². The minimum atomic E-state index is -3.02.